The molecule has 0 rings (SSSR count). The van der Waals surface area contributed by atoms with E-state index in [1.807, 2.05) is 0 Å². The first-order valence-corrected chi connectivity index (χ1v) is 34.3. The topological polar surface area (TPSA) is 174 Å². The third-order valence-corrected chi connectivity index (χ3v) is 29.3. The van der Waals surface area contributed by atoms with Crippen molar-refractivity contribution >= 4 is 54.3 Å². The lowest BCUT2D eigenvalue weighted by Gasteiger charge is -2.45. The Morgan fingerprint density at radius 2 is 0.895 bits per heavy atom. The van der Waals surface area contributed by atoms with Gasteiger partial charge in [0.1, 0.15) is 19.1 Å². The fraction of sp³-hybridized carbons (Fsp3) is 0.944. The normalized spacial score (nSPS) is 15.2. The van der Waals surface area contributed by atoms with Crippen LogP contribution in [-0.2, 0) is 68.7 Å². The van der Waals surface area contributed by atoms with Crippen molar-refractivity contribution in [1.29, 1.82) is 0 Å². The predicted molar refractivity (Wildman–Crippen MR) is 230 cm³/mol. The summed E-state index contributed by atoms with van der Waals surface area (Å²) in [4.78, 5) is 23.1. The van der Waals surface area contributed by atoms with Crippen molar-refractivity contribution < 1.29 is 73.8 Å². The number of hydrogen-bond acceptors (Lipinski definition) is 16. The molecule has 0 saturated carbocycles. The van der Waals surface area contributed by atoms with E-state index in [9.17, 15) is 14.7 Å². The Balaban J connectivity index is 5.96. The van der Waals surface area contributed by atoms with Crippen LogP contribution < -0.4 is 0 Å². The van der Waals surface area contributed by atoms with E-state index >= 15 is 0 Å². The zero-order chi connectivity index (χ0) is 43.3. The van der Waals surface area contributed by atoms with Gasteiger partial charge >= 0.3 is 37.6 Å². The quantitative estimate of drug-likeness (QED) is 0.0362. The monoisotopic (exact) mass is 908 g/mol. The lowest BCUT2D eigenvalue weighted by atomic mass is 10.4. The summed E-state index contributed by atoms with van der Waals surface area (Å²) in [5.41, 5.74) is 0. The molecule has 0 aromatic carbocycles. The third kappa shape index (κ3) is 32.0. The number of aliphatic hydroxyl groups is 1. The third-order valence-electron chi connectivity index (χ3n) is 8.44. The van der Waals surface area contributed by atoms with Crippen molar-refractivity contribution in [3.8, 4) is 0 Å². The van der Waals surface area contributed by atoms with E-state index in [1.54, 1.807) is 21.3 Å². The molecule has 0 fully saturated rings. The summed E-state index contributed by atoms with van der Waals surface area (Å²) in [7, 11) is -6.76. The molecule has 16 nitrogen and oxygen atoms in total. The molecule has 340 valence electrons. The van der Waals surface area contributed by atoms with E-state index in [2.05, 4.69) is 57.1 Å². The van der Waals surface area contributed by atoms with Crippen LogP contribution >= 0.6 is 0 Å². The van der Waals surface area contributed by atoms with Gasteiger partial charge in [0.05, 0.1) is 53.4 Å². The first-order valence-electron chi connectivity index (χ1n) is 20.2. The van der Waals surface area contributed by atoms with Gasteiger partial charge in [-0.15, -0.1) is 0 Å². The summed E-state index contributed by atoms with van der Waals surface area (Å²) in [6.07, 6.45) is 1.60. The summed E-state index contributed by atoms with van der Waals surface area (Å²) >= 11 is 0. The lowest BCUT2D eigenvalue weighted by Crippen LogP contribution is -2.60. The molecule has 3 atom stereocenters. The number of aliphatic hydroxyl groups excluding tert-OH is 1. The smallest absolute Gasteiger partial charge is 0.317 e. The highest BCUT2D eigenvalue weighted by Crippen LogP contribution is 2.33. The molecule has 0 amide bonds. The predicted octanol–water partition coefficient (Wildman–Crippen LogP) is 5.34. The molecule has 1 N–H and O–H groups in total. The van der Waals surface area contributed by atoms with Gasteiger partial charge in [-0.3, -0.25) is 9.59 Å². The van der Waals surface area contributed by atoms with Gasteiger partial charge in [0.2, 0.25) is 0 Å². The lowest BCUT2D eigenvalue weighted by molar-refractivity contribution is -0.155. The second-order valence-electron chi connectivity index (χ2n) is 16.0. The summed E-state index contributed by atoms with van der Waals surface area (Å²) in [5.74, 6) is -1.48. The number of methoxy groups -OCH3 is 4. The molecule has 0 aromatic rings. The largest absolute Gasteiger partial charge is 0.469 e. The molecule has 0 aliphatic carbocycles. The Morgan fingerprint density at radius 3 is 1.35 bits per heavy atom. The van der Waals surface area contributed by atoms with Crippen LogP contribution in [0.25, 0.3) is 0 Å². The summed E-state index contributed by atoms with van der Waals surface area (Å²) < 4.78 is 76.6. The van der Waals surface area contributed by atoms with E-state index < -0.39 is 66.8 Å². The van der Waals surface area contributed by atoms with Crippen molar-refractivity contribution in [3.63, 3.8) is 0 Å². The van der Waals surface area contributed by atoms with Crippen molar-refractivity contribution in [2.24, 2.45) is 0 Å². The average Bonchev–Trinajstić information content (AvgIpc) is 3.10. The van der Waals surface area contributed by atoms with Gasteiger partial charge in [0.25, 0.3) is 0 Å². The summed E-state index contributed by atoms with van der Waals surface area (Å²) in [6.45, 7) is 22.6. The average molecular weight is 909 g/mol. The fourth-order valence-corrected chi connectivity index (χ4v) is 31.7. The minimum atomic E-state index is -2.95. The fourth-order valence-electron chi connectivity index (χ4n) is 6.22. The van der Waals surface area contributed by atoms with Crippen LogP contribution in [0, 0.1) is 0 Å². The summed E-state index contributed by atoms with van der Waals surface area (Å²) in [6, 6.07) is 3.18. The highest BCUT2D eigenvalue weighted by Gasteiger charge is 2.49. The van der Waals surface area contributed by atoms with Gasteiger partial charge in [0.15, 0.2) is 16.6 Å². The maximum atomic E-state index is 11.8. The number of rotatable bonds is 39. The summed E-state index contributed by atoms with van der Waals surface area (Å²) in [5, 5.41) is 10.3. The number of esters is 2. The van der Waals surface area contributed by atoms with Gasteiger partial charge in [-0.25, -0.2) is 0 Å². The molecule has 0 aromatic heterocycles. The highest BCUT2D eigenvalue weighted by molar-refractivity contribution is 6.91. The van der Waals surface area contributed by atoms with Gasteiger partial charge in [-0.05, 0) is 102 Å². The molecular weight excluding hydrogens is 829 g/mol. The van der Waals surface area contributed by atoms with Crippen LogP contribution in [0.2, 0.25) is 76.6 Å². The van der Waals surface area contributed by atoms with Crippen LogP contribution in [0.15, 0.2) is 0 Å². The second kappa shape index (κ2) is 31.4. The zero-order valence-electron chi connectivity index (χ0n) is 37.5. The molecule has 0 radical (unpaired) electrons. The van der Waals surface area contributed by atoms with Gasteiger partial charge in [-0.1, -0.05) is 0 Å². The molecule has 0 saturated heterocycles. The maximum absolute atomic E-state index is 11.8. The SMILES string of the molecule is COCCOCCC[Si](C)(C)O[Si](C)(C)O[Si](C)(CCCOCCOC)O[Si](C)(CCCOCC(O)COC(=O)CC(=O)OC)O[Si](C)(C)CCCOCCOC. The van der Waals surface area contributed by atoms with Crippen LogP contribution in [0.4, 0.5) is 0 Å². The first kappa shape index (κ1) is 56.5. The molecule has 0 spiro atoms. The Kier molecular flexibility index (Phi) is 31.1. The number of carbonyl (C=O) groups excluding carboxylic acids is 2. The number of hydrogen-bond donors (Lipinski definition) is 1. The Morgan fingerprint density at radius 1 is 0.474 bits per heavy atom. The van der Waals surface area contributed by atoms with Crippen LogP contribution in [0.1, 0.15) is 32.1 Å². The molecule has 0 aliphatic heterocycles. The molecule has 21 heteroatoms. The van der Waals surface area contributed by atoms with Crippen molar-refractivity contribution in [1.82, 2.24) is 0 Å². The second-order valence-corrected chi connectivity index (χ2v) is 35.6. The number of carbonyl (C=O) groups is 2. The molecule has 0 heterocycles. The van der Waals surface area contributed by atoms with Crippen molar-refractivity contribution in [2.75, 3.05) is 108 Å². The Hall–Kier alpha value is -0.456. The zero-order valence-corrected chi connectivity index (χ0v) is 42.5. The molecule has 0 aliphatic rings. The van der Waals surface area contributed by atoms with E-state index in [-0.39, 0.29) is 13.2 Å². The maximum Gasteiger partial charge on any atom is 0.317 e. The first-order chi connectivity index (χ1) is 26.8. The van der Waals surface area contributed by atoms with E-state index in [0.29, 0.717) is 84.6 Å². The molecular formula is C36H80O16Si5. The van der Waals surface area contributed by atoms with Crippen molar-refractivity contribution in [3.05, 3.63) is 0 Å². The Bertz CT molecular complexity index is 1050. The van der Waals surface area contributed by atoms with Crippen LogP contribution in [-0.4, -0.2) is 173 Å². The minimum Gasteiger partial charge on any atom is -0.469 e. The molecule has 3 unspecified atom stereocenters. The number of ether oxygens (including phenoxy) is 9. The highest BCUT2D eigenvalue weighted by atomic mass is 28.5. The van der Waals surface area contributed by atoms with E-state index in [1.165, 1.54) is 7.11 Å². The van der Waals surface area contributed by atoms with Crippen molar-refractivity contribution in [2.45, 2.75) is 115 Å². The van der Waals surface area contributed by atoms with Crippen LogP contribution in [0.3, 0.4) is 0 Å². The molecule has 57 heavy (non-hydrogen) atoms. The van der Waals surface area contributed by atoms with E-state index in [0.717, 1.165) is 31.4 Å². The molecule has 0 bridgehead atoms. The minimum absolute atomic E-state index is 0.0382. The van der Waals surface area contributed by atoms with Gasteiger partial charge < -0.3 is 64.2 Å². The standard InChI is InChI=1S/C36H80O16Si5/c1-40-21-24-44-17-13-27-53(5,6)49-55(9,10)51-57(12,30-15-19-46-26-23-42-3)52-56(11,50-54(7,8)28-14-18-45-25-22-41-2)29-16-20-47-32-34(37)33-48-36(39)31-35(38)43-4/h34,37H,13-33H2,1-12H3. The Labute approximate surface area is 349 Å². The van der Waals surface area contributed by atoms with E-state index in [4.69, 9.17) is 54.4 Å². The van der Waals surface area contributed by atoms with Gasteiger partial charge in [0, 0.05) is 47.8 Å². The van der Waals surface area contributed by atoms with Crippen LogP contribution in [0.5, 0.6) is 0 Å². The van der Waals surface area contributed by atoms with Gasteiger partial charge in [-0.2, -0.15) is 0 Å².